The van der Waals surface area contributed by atoms with Crippen molar-refractivity contribution in [2.24, 2.45) is 0 Å². The molecule has 0 aliphatic heterocycles. The lowest BCUT2D eigenvalue weighted by Crippen LogP contribution is -2.29. The van der Waals surface area contributed by atoms with E-state index in [0.29, 0.717) is 12.8 Å². The Morgan fingerprint density at radius 3 is 2.23 bits per heavy atom. The molecule has 0 aromatic rings. The Bertz CT molecular complexity index is 101. The molecule has 4 N–H and O–H groups in total. The highest BCUT2D eigenvalue weighted by Crippen LogP contribution is 1.95. The summed E-state index contributed by atoms with van der Waals surface area (Å²) >= 11 is 0. The van der Waals surface area contributed by atoms with Gasteiger partial charge in [-0.25, -0.2) is 0 Å². The van der Waals surface area contributed by atoms with Crippen molar-refractivity contribution in [2.75, 3.05) is 19.8 Å². The van der Waals surface area contributed by atoms with E-state index in [2.05, 4.69) is 5.32 Å². The molecule has 13 heavy (non-hydrogen) atoms. The maximum absolute atomic E-state index is 9.27. The van der Waals surface area contributed by atoms with Gasteiger partial charge in [0.05, 0.1) is 0 Å². The Balaban J connectivity index is 3.03. The van der Waals surface area contributed by atoms with E-state index < -0.39 is 6.23 Å². The Hall–Kier alpha value is -0.160. The minimum Gasteiger partial charge on any atom is -0.396 e. The summed E-state index contributed by atoms with van der Waals surface area (Å²) in [5.74, 6) is 0. The van der Waals surface area contributed by atoms with Crippen molar-refractivity contribution < 1.29 is 15.3 Å². The van der Waals surface area contributed by atoms with Crippen molar-refractivity contribution in [3.63, 3.8) is 0 Å². The third kappa shape index (κ3) is 9.76. The highest BCUT2D eigenvalue weighted by atomic mass is 16.3. The summed E-state index contributed by atoms with van der Waals surface area (Å²) in [6.45, 7) is 1.14. The van der Waals surface area contributed by atoms with Gasteiger partial charge in [0, 0.05) is 13.2 Å². The zero-order valence-electron chi connectivity index (χ0n) is 8.08. The number of hydrogen-bond acceptors (Lipinski definition) is 4. The van der Waals surface area contributed by atoms with Crippen LogP contribution in [0.5, 0.6) is 0 Å². The first-order valence-corrected chi connectivity index (χ1v) is 4.94. The molecule has 0 saturated heterocycles. The van der Waals surface area contributed by atoms with E-state index >= 15 is 0 Å². The summed E-state index contributed by atoms with van der Waals surface area (Å²) in [6, 6.07) is 0. The predicted octanol–water partition coefficient (Wildman–Crippen LogP) is -0.171. The molecule has 0 aliphatic carbocycles. The molecule has 0 bridgehead atoms. The van der Waals surface area contributed by atoms with E-state index in [9.17, 15) is 5.11 Å². The van der Waals surface area contributed by atoms with E-state index in [1.165, 1.54) is 0 Å². The van der Waals surface area contributed by atoms with Crippen LogP contribution in [0.3, 0.4) is 0 Å². The normalized spacial score (nSPS) is 13.2. The fraction of sp³-hybridized carbons (Fsp3) is 1.00. The van der Waals surface area contributed by atoms with Crippen molar-refractivity contribution in [2.45, 2.75) is 38.3 Å². The van der Waals surface area contributed by atoms with Crippen LogP contribution in [0.15, 0.2) is 0 Å². The molecule has 0 aromatic heterocycles. The number of aliphatic hydroxyl groups excluding tert-OH is 3. The van der Waals surface area contributed by atoms with Gasteiger partial charge in [0.1, 0.15) is 6.23 Å². The van der Waals surface area contributed by atoms with Crippen molar-refractivity contribution in [1.82, 2.24) is 5.32 Å². The topological polar surface area (TPSA) is 72.7 Å². The summed E-state index contributed by atoms with van der Waals surface area (Å²) in [5, 5.41) is 29.2. The summed E-state index contributed by atoms with van der Waals surface area (Å²) < 4.78 is 0. The average molecular weight is 191 g/mol. The van der Waals surface area contributed by atoms with Crippen LogP contribution in [0.4, 0.5) is 0 Å². The quantitative estimate of drug-likeness (QED) is 0.301. The first-order valence-electron chi connectivity index (χ1n) is 4.94. The van der Waals surface area contributed by atoms with Crippen molar-refractivity contribution in [3.8, 4) is 0 Å². The van der Waals surface area contributed by atoms with Gasteiger partial charge in [-0.3, -0.25) is 5.32 Å². The molecular weight excluding hydrogens is 170 g/mol. The van der Waals surface area contributed by atoms with Crippen LogP contribution in [0, 0.1) is 0 Å². The third-order valence-corrected chi connectivity index (χ3v) is 1.85. The summed E-state index contributed by atoms with van der Waals surface area (Å²) in [5.41, 5.74) is 0. The summed E-state index contributed by atoms with van der Waals surface area (Å²) in [6.07, 6.45) is 3.50. The van der Waals surface area contributed by atoms with Gasteiger partial charge in [-0.05, 0) is 38.6 Å². The van der Waals surface area contributed by atoms with E-state index in [1.807, 2.05) is 0 Å². The maximum atomic E-state index is 9.27. The highest BCUT2D eigenvalue weighted by molar-refractivity contribution is 4.54. The first-order chi connectivity index (χ1) is 6.31. The molecule has 1 atom stereocenters. The van der Waals surface area contributed by atoms with E-state index in [4.69, 9.17) is 10.2 Å². The van der Waals surface area contributed by atoms with Crippen LogP contribution in [0.1, 0.15) is 32.1 Å². The minimum absolute atomic E-state index is 0.128. The van der Waals surface area contributed by atoms with E-state index in [0.717, 1.165) is 25.8 Å². The molecule has 0 aromatic carbocycles. The smallest absolute Gasteiger partial charge is 0.104 e. The lowest BCUT2D eigenvalue weighted by molar-refractivity contribution is 0.116. The summed E-state index contributed by atoms with van der Waals surface area (Å²) in [7, 11) is 0. The summed E-state index contributed by atoms with van der Waals surface area (Å²) in [4.78, 5) is 0. The Morgan fingerprint density at radius 1 is 0.923 bits per heavy atom. The van der Waals surface area contributed by atoms with Crippen molar-refractivity contribution >= 4 is 0 Å². The fourth-order valence-corrected chi connectivity index (χ4v) is 1.07. The van der Waals surface area contributed by atoms with Gasteiger partial charge < -0.3 is 15.3 Å². The molecule has 1 unspecified atom stereocenters. The van der Waals surface area contributed by atoms with Crippen LogP contribution in [0.25, 0.3) is 0 Å². The minimum atomic E-state index is -0.499. The maximum Gasteiger partial charge on any atom is 0.104 e. The SMILES string of the molecule is OCCCCCNC(O)CCCO. The molecule has 0 fully saturated rings. The van der Waals surface area contributed by atoms with Gasteiger partial charge in [-0.1, -0.05) is 0 Å². The van der Waals surface area contributed by atoms with Gasteiger partial charge in [0.15, 0.2) is 0 Å². The largest absolute Gasteiger partial charge is 0.396 e. The molecule has 0 saturated carbocycles. The van der Waals surface area contributed by atoms with Crippen LogP contribution in [-0.4, -0.2) is 41.3 Å². The number of rotatable bonds is 9. The zero-order chi connectivity index (χ0) is 9.94. The molecule has 0 amide bonds. The second-order valence-corrected chi connectivity index (χ2v) is 3.12. The second kappa shape index (κ2) is 9.92. The van der Waals surface area contributed by atoms with E-state index in [-0.39, 0.29) is 13.2 Å². The highest BCUT2D eigenvalue weighted by Gasteiger charge is 2.00. The number of hydrogen-bond donors (Lipinski definition) is 4. The standard InChI is InChI=1S/C9H21NO3/c11-7-3-1-2-6-10-9(13)5-4-8-12/h9-13H,1-8H2. The average Bonchev–Trinajstić information content (AvgIpc) is 2.14. The van der Waals surface area contributed by atoms with Crippen LogP contribution in [-0.2, 0) is 0 Å². The Labute approximate surface area is 79.6 Å². The first kappa shape index (κ1) is 12.8. The molecule has 80 valence electrons. The van der Waals surface area contributed by atoms with E-state index in [1.54, 1.807) is 0 Å². The predicted molar refractivity (Wildman–Crippen MR) is 51.3 cm³/mol. The fourth-order valence-electron chi connectivity index (χ4n) is 1.07. The van der Waals surface area contributed by atoms with Crippen LogP contribution in [0.2, 0.25) is 0 Å². The third-order valence-electron chi connectivity index (χ3n) is 1.85. The van der Waals surface area contributed by atoms with Gasteiger partial charge in [-0.2, -0.15) is 0 Å². The molecule has 4 nitrogen and oxygen atoms in total. The molecule has 0 aliphatic rings. The number of nitrogens with one attached hydrogen (secondary N) is 1. The van der Waals surface area contributed by atoms with Crippen LogP contribution >= 0.6 is 0 Å². The molecular formula is C9H21NO3. The van der Waals surface area contributed by atoms with Crippen molar-refractivity contribution in [1.29, 1.82) is 0 Å². The van der Waals surface area contributed by atoms with Gasteiger partial charge in [-0.15, -0.1) is 0 Å². The van der Waals surface area contributed by atoms with Crippen LogP contribution < -0.4 is 5.32 Å². The molecule has 0 heterocycles. The lowest BCUT2D eigenvalue weighted by atomic mass is 10.2. The molecule has 0 radical (unpaired) electrons. The van der Waals surface area contributed by atoms with Gasteiger partial charge in [0.2, 0.25) is 0 Å². The Morgan fingerprint density at radius 2 is 1.62 bits per heavy atom. The monoisotopic (exact) mass is 191 g/mol. The van der Waals surface area contributed by atoms with Crippen molar-refractivity contribution in [3.05, 3.63) is 0 Å². The number of aliphatic hydroxyl groups is 3. The second-order valence-electron chi connectivity index (χ2n) is 3.12. The zero-order valence-corrected chi connectivity index (χ0v) is 8.08. The molecule has 0 spiro atoms. The molecule has 4 heteroatoms. The lowest BCUT2D eigenvalue weighted by Gasteiger charge is -2.11. The Kier molecular flexibility index (Phi) is 9.80. The van der Waals surface area contributed by atoms with Gasteiger partial charge in [0.25, 0.3) is 0 Å². The van der Waals surface area contributed by atoms with Gasteiger partial charge >= 0.3 is 0 Å². The number of unbranched alkanes of at least 4 members (excludes halogenated alkanes) is 2. The molecule has 0 rings (SSSR count).